The Morgan fingerprint density at radius 3 is 2.75 bits per heavy atom. The summed E-state index contributed by atoms with van der Waals surface area (Å²) in [5.41, 5.74) is 2.27. The maximum Gasteiger partial charge on any atom is 0.323 e. The smallest absolute Gasteiger partial charge is 0.323 e. The van der Waals surface area contributed by atoms with Crippen molar-refractivity contribution < 1.29 is 9.47 Å². The molecule has 1 aliphatic rings. The van der Waals surface area contributed by atoms with Gasteiger partial charge in [-0.2, -0.15) is 15.0 Å². The molecular formula is C12H22N6O2. The summed E-state index contributed by atoms with van der Waals surface area (Å²) in [5.74, 6) is 6.09. The van der Waals surface area contributed by atoms with Crippen molar-refractivity contribution in [3.8, 4) is 6.01 Å². The van der Waals surface area contributed by atoms with Crippen molar-refractivity contribution in [2.75, 3.05) is 24.0 Å². The van der Waals surface area contributed by atoms with Gasteiger partial charge in [0, 0.05) is 12.6 Å². The molecule has 0 radical (unpaired) electrons. The van der Waals surface area contributed by atoms with Gasteiger partial charge in [0.05, 0.1) is 12.2 Å². The standard InChI is InChI=1S/C12H22N6O2/c1-4-19-11-16-9(15-10(17-11)18-13)14-8-5-6-20-12(2,3)7-8/h8H,4-7,13H2,1-3H3,(H2,14,15,16,17,18). The van der Waals surface area contributed by atoms with E-state index in [-0.39, 0.29) is 23.6 Å². The number of hydrogen-bond acceptors (Lipinski definition) is 8. The number of nitrogens with two attached hydrogens (primary N) is 1. The topological polar surface area (TPSA) is 107 Å². The number of anilines is 2. The molecule has 1 aromatic heterocycles. The molecule has 0 aliphatic carbocycles. The van der Waals surface area contributed by atoms with E-state index in [0.717, 1.165) is 19.4 Å². The second-order valence-electron chi connectivity index (χ2n) is 5.28. The zero-order chi connectivity index (χ0) is 14.6. The number of hydrazine groups is 1. The summed E-state index contributed by atoms with van der Waals surface area (Å²) in [6, 6.07) is 0.505. The highest BCUT2D eigenvalue weighted by molar-refractivity contribution is 5.35. The van der Waals surface area contributed by atoms with Crippen LogP contribution in [0.4, 0.5) is 11.9 Å². The first-order valence-electron chi connectivity index (χ1n) is 6.78. The molecule has 0 spiro atoms. The number of aromatic nitrogens is 3. The van der Waals surface area contributed by atoms with Gasteiger partial charge >= 0.3 is 6.01 Å². The summed E-state index contributed by atoms with van der Waals surface area (Å²) >= 11 is 0. The lowest BCUT2D eigenvalue weighted by molar-refractivity contribution is -0.0554. The quantitative estimate of drug-likeness (QED) is 0.540. The fraction of sp³-hybridized carbons (Fsp3) is 0.750. The van der Waals surface area contributed by atoms with E-state index in [1.165, 1.54) is 0 Å². The molecule has 2 rings (SSSR count). The third-order valence-corrected chi connectivity index (χ3v) is 3.05. The third kappa shape index (κ3) is 3.91. The molecule has 1 fully saturated rings. The number of hydrogen-bond donors (Lipinski definition) is 3. The van der Waals surface area contributed by atoms with Gasteiger partial charge in [-0.15, -0.1) is 0 Å². The van der Waals surface area contributed by atoms with Gasteiger partial charge in [0.15, 0.2) is 0 Å². The first-order chi connectivity index (χ1) is 9.52. The second kappa shape index (κ2) is 6.19. The molecule has 20 heavy (non-hydrogen) atoms. The van der Waals surface area contributed by atoms with E-state index in [2.05, 4.69) is 39.5 Å². The molecule has 1 atom stereocenters. The molecule has 0 amide bonds. The van der Waals surface area contributed by atoms with E-state index in [1.54, 1.807) is 0 Å². The summed E-state index contributed by atoms with van der Waals surface area (Å²) in [4.78, 5) is 12.4. The molecule has 112 valence electrons. The normalized spacial score (nSPS) is 21.3. The number of nitrogens with one attached hydrogen (secondary N) is 2. The second-order valence-corrected chi connectivity index (χ2v) is 5.28. The molecule has 1 saturated heterocycles. The van der Waals surface area contributed by atoms with Crippen LogP contribution in [-0.2, 0) is 4.74 Å². The van der Waals surface area contributed by atoms with E-state index in [0.29, 0.717) is 12.6 Å². The molecular weight excluding hydrogens is 260 g/mol. The summed E-state index contributed by atoms with van der Waals surface area (Å²) in [6.07, 6.45) is 1.79. The number of nitrogen functional groups attached to an aromatic ring is 1. The summed E-state index contributed by atoms with van der Waals surface area (Å²) in [6.45, 7) is 7.22. The van der Waals surface area contributed by atoms with E-state index < -0.39 is 0 Å². The maximum absolute atomic E-state index is 5.69. The highest BCUT2D eigenvalue weighted by atomic mass is 16.5. The van der Waals surface area contributed by atoms with Gasteiger partial charge in [-0.25, -0.2) is 5.84 Å². The zero-order valence-electron chi connectivity index (χ0n) is 12.1. The molecule has 1 aromatic rings. The van der Waals surface area contributed by atoms with Gasteiger partial charge < -0.3 is 14.8 Å². The Bertz CT molecular complexity index is 454. The van der Waals surface area contributed by atoms with Crippen LogP contribution in [0.25, 0.3) is 0 Å². The van der Waals surface area contributed by atoms with Crippen molar-refractivity contribution in [1.82, 2.24) is 15.0 Å². The summed E-state index contributed by atoms with van der Waals surface area (Å²) < 4.78 is 11.0. The number of ether oxygens (including phenoxy) is 2. The van der Waals surface area contributed by atoms with Gasteiger partial charge in [0.25, 0.3) is 0 Å². The molecule has 1 unspecified atom stereocenters. The Hall–Kier alpha value is -1.67. The van der Waals surface area contributed by atoms with Gasteiger partial charge in [0.1, 0.15) is 0 Å². The van der Waals surface area contributed by atoms with E-state index in [9.17, 15) is 0 Å². The van der Waals surface area contributed by atoms with Crippen LogP contribution in [0.3, 0.4) is 0 Å². The minimum absolute atomic E-state index is 0.138. The van der Waals surface area contributed by atoms with E-state index in [1.807, 2.05) is 6.92 Å². The Morgan fingerprint density at radius 1 is 1.35 bits per heavy atom. The molecule has 0 saturated carbocycles. The van der Waals surface area contributed by atoms with E-state index in [4.69, 9.17) is 15.3 Å². The first kappa shape index (κ1) is 14.7. The lowest BCUT2D eigenvalue weighted by Crippen LogP contribution is -2.40. The SMILES string of the molecule is CCOc1nc(NN)nc(NC2CCOC(C)(C)C2)n1. The Labute approximate surface area is 118 Å². The number of nitrogens with zero attached hydrogens (tertiary/aromatic N) is 3. The Morgan fingerprint density at radius 2 is 2.10 bits per heavy atom. The van der Waals surface area contributed by atoms with Crippen LogP contribution in [0.5, 0.6) is 6.01 Å². The van der Waals surface area contributed by atoms with Crippen LogP contribution < -0.4 is 21.3 Å². The molecule has 0 bridgehead atoms. The molecule has 8 heteroatoms. The van der Waals surface area contributed by atoms with Crippen LogP contribution in [0, 0.1) is 0 Å². The average molecular weight is 282 g/mol. The molecule has 8 nitrogen and oxygen atoms in total. The molecule has 1 aliphatic heterocycles. The van der Waals surface area contributed by atoms with Crippen LogP contribution in [0.1, 0.15) is 33.6 Å². The predicted octanol–water partition coefficient (Wildman–Crippen LogP) is 0.925. The van der Waals surface area contributed by atoms with Crippen LogP contribution >= 0.6 is 0 Å². The lowest BCUT2D eigenvalue weighted by atomic mass is 9.94. The third-order valence-electron chi connectivity index (χ3n) is 3.05. The van der Waals surface area contributed by atoms with Crippen molar-refractivity contribution in [1.29, 1.82) is 0 Å². The molecule has 0 aromatic carbocycles. The van der Waals surface area contributed by atoms with Crippen molar-refractivity contribution in [3.63, 3.8) is 0 Å². The largest absolute Gasteiger partial charge is 0.464 e. The fourth-order valence-corrected chi connectivity index (χ4v) is 2.22. The molecule has 2 heterocycles. The predicted molar refractivity (Wildman–Crippen MR) is 75.5 cm³/mol. The van der Waals surface area contributed by atoms with Gasteiger partial charge in [-0.1, -0.05) is 0 Å². The fourth-order valence-electron chi connectivity index (χ4n) is 2.22. The highest BCUT2D eigenvalue weighted by Crippen LogP contribution is 2.26. The van der Waals surface area contributed by atoms with Crippen molar-refractivity contribution >= 4 is 11.9 Å². The highest BCUT2D eigenvalue weighted by Gasteiger charge is 2.29. The average Bonchev–Trinajstić information content (AvgIpc) is 2.37. The van der Waals surface area contributed by atoms with Crippen molar-refractivity contribution in [3.05, 3.63) is 0 Å². The van der Waals surface area contributed by atoms with Crippen LogP contribution in [-0.4, -0.2) is 39.8 Å². The van der Waals surface area contributed by atoms with Gasteiger partial charge in [0.2, 0.25) is 11.9 Å². The maximum atomic E-state index is 5.69. The van der Waals surface area contributed by atoms with Crippen molar-refractivity contribution in [2.24, 2.45) is 5.84 Å². The minimum atomic E-state index is -0.138. The van der Waals surface area contributed by atoms with Crippen LogP contribution in [0.15, 0.2) is 0 Å². The monoisotopic (exact) mass is 282 g/mol. The summed E-state index contributed by atoms with van der Waals surface area (Å²) in [7, 11) is 0. The Kier molecular flexibility index (Phi) is 4.56. The minimum Gasteiger partial charge on any atom is -0.464 e. The van der Waals surface area contributed by atoms with Gasteiger partial charge in [-0.05, 0) is 33.6 Å². The van der Waals surface area contributed by atoms with Crippen molar-refractivity contribution in [2.45, 2.75) is 45.3 Å². The Balaban J connectivity index is 2.09. The van der Waals surface area contributed by atoms with Gasteiger partial charge in [-0.3, -0.25) is 5.43 Å². The number of rotatable bonds is 5. The zero-order valence-corrected chi connectivity index (χ0v) is 12.1. The lowest BCUT2D eigenvalue weighted by Gasteiger charge is -2.35. The first-order valence-corrected chi connectivity index (χ1v) is 6.78. The van der Waals surface area contributed by atoms with E-state index >= 15 is 0 Å². The summed E-state index contributed by atoms with van der Waals surface area (Å²) in [5, 5.41) is 3.29. The van der Waals surface area contributed by atoms with Crippen LogP contribution in [0.2, 0.25) is 0 Å². The molecule has 4 N–H and O–H groups in total.